The van der Waals surface area contributed by atoms with Crippen LogP contribution in [0, 0.1) is 22.7 Å². The minimum Gasteiger partial charge on any atom is -0.396 e. The van der Waals surface area contributed by atoms with E-state index in [0.717, 1.165) is 12.8 Å². The zero-order chi connectivity index (χ0) is 15.8. The molecule has 0 aromatic carbocycles. The van der Waals surface area contributed by atoms with Crippen LogP contribution in [0.4, 0.5) is 0 Å². The summed E-state index contributed by atoms with van der Waals surface area (Å²) in [5, 5.41) is 19.1. The van der Waals surface area contributed by atoms with Crippen molar-refractivity contribution < 1.29 is 10.2 Å². The Balaban J connectivity index is 3.88. The second kappa shape index (κ2) is 9.04. The molecule has 20 heavy (non-hydrogen) atoms. The third kappa shape index (κ3) is 6.13. The zero-order valence-corrected chi connectivity index (χ0v) is 14.7. The monoisotopic (exact) mass is 286 g/mol. The fraction of sp³-hybridized carbons (Fsp3) is 1.00. The SMILES string of the molecule is CC(C)C(C)(CO)CCCCCCC(C)(CO)C(C)C. The van der Waals surface area contributed by atoms with Crippen LogP contribution in [0.1, 0.15) is 80.1 Å². The molecule has 0 fully saturated rings. The van der Waals surface area contributed by atoms with Gasteiger partial charge in [-0.25, -0.2) is 0 Å². The van der Waals surface area contributed by atoms with Crippen LogP contribution >= 0.6 is 0 Å². The van der Waals surface area contributed by atoms with E-state index >= 15 is 0 Å². The molecule has 0 aromatic rings. The van der Waals surface area contributed by atoms with Gasteiger partial charge in [-0.1, -0.05) is 67.2 Å². The van der Waals surface area contributed by atoms with Crippen molar-refractivity contribution in [2.75, 3.05) is 13.2 Å². The molecule has 0 bridgehead atoms. The Morgan fingerprint density at radius 1 is 0.650 bits per heavy atom. The second-order valence-corrected chi connectivity index (χ2v) is 7.85. The maximum Gasteiger partial charge on any atom is 0.0487 e. The molecule has 0 aliphatic rings. The molecule has 0 aliphatic carbocycles. The van der Waals surface area contributed by atoms with E-state index in [1.54, 1.807) is 0 Å². The normalized spacial score (nSPS) is 18.3. The van der Waals surface area contributed by atoms with Crippen molar-refractivity contribution in [3.05, 3.63) is 0 Å². The topological polar surface area (TPSA) is 40.5 Å². The molecule has 0 saturated carbocycles. The highest BCUT2D eigenvalue weighted by Gasteiger charge is 2.28. The number of aliphatic hydroxyl groups is 2. The molecule has 0 aromatic heterocycles. The van der Waals surface area contributed by atoms with Crippen molar-refractivity contribution in [1.82, 2.24) is 0 Å². The van der Waals surface area contributed by atoms with Gasteiger partial charge < -0.3 is 10.2 Å². The highest BCUT2D eigenvalue weighted by atomic mass is 16.3. The van der Waals surface area contributed by atoms with Gasteiger partial charge in [-0.2, -0.15) is 0 Å². The summed E-state index contributed by atoms with van der Waals surface area (Å²) in [5.41, 5.74) is 0.162. The van der Waals surface area contributed by atoms with Crippen LogP contribution in [0.25, 0.3) is 0 Å². The van der Waals surface area contributed by atoms with E-state index in [4.69, 9.17) is 0 Å². The second-order valence-electron chi connectivity index (χ2n) is 7.85. The molecule has 0 saturated heterocycles. The molecule has 0 heterocycles. The molecule has 2 heteroatoms. The maximum atomic E-state index is 9.53. The summed E-state index contributed by atoms with van der Waals surface area (Å²) in [5.74, 6) is 1.07. The van der Waals surface area contributed by atoms with Crippen LogP contribution in [0.2, 0.25) is 0 Å². The Hall–Kier alpha value is -0.0800. The summed E-state index contributed by atoms with van der Waals surface area (Å²) in [7, 11) is 0. The summed E-state index contributed by atoms with van der Waals surface area (Å²) < 4.78 is 0. The van der Waals surface area contributed by atoms with E-state index in [-0.39, 0.29) is 10.8 Å². The van der Waals surface area contributed by atoms with E-state index in [0.29, 0.717) is 25.0 Å². The van der Waals surface area contributed by atoms with Crippen molar-refractivity contribution >= 4 is 0 Å². The highest BCUT2D eigenvalue weighted by Crippen LogP contribution is 2.34. The molecule has 2 nitrogen and oxygen atoms in total. The Kier molecular flexibility index (Phi) is 9.01. The van der Waals surface area contributed by atoms with Gasteiger partial charge in [0.2, 0.25) is 0 Å². The lowest BCUT2D eigenvalue weighted by Crippen LogP contribution is -2.28. The van der Waals surface area contributed by atoms with Crippen molar-refractivity contribution in [3.63, 3.8) is 0 Å². The van der Waals surface area contributed by atoms with Gasteiger partial charge in [-0.3, -0.25) is 0 Å². The van der Waals surface area contributed by atoms with E-state index in [1.807, 2.05) is 0 Å². The van der Waals surface area contributed by atoms with E-state index in [2.05, 4.69) is 41.5 Å². The number of hydrogen-bond donors (Lipinski definition) is 2. The molecular formula is C18H38O2. The van der Waals surface area contributed by atoms with E-state index in [9.17, 15) is 10.2 Å². The number of rotatable bonds is 11. The standard InChI is InChI=1S/C18H38O2/c1-15(2)17(5,13-19)11-9-7-8-10-12-18(6,14-20)16(3)4/h15-16,19-20H,7-14H2,1-6H3. The predicted molar refractivity (Wildman–Crippen MR) is 87.8 cm³/mol. The zero-order valence-electron chi connectivity index (χ0n) is 14.7. The predicted octanol–water partition coefficient (Wildman–Crippen LogP) is 4.64. The van der Waals surface area contributed by atoms with Gasteiger partial charge in [0, 0.05) is 13.2 Å². The fourth-order valence-electron chi connectivity index (χ4n) is 2.51. The van der Waals surface area contributed by atoms with Crippen molar-refractivity contribution in [1.29, 1.82) is 0 Å². The summed E-state index contributed by atoms with van der Waals surface area (Å²) in [6.45, 7) is 13.8. The van der Waals surface area contributed by atoms with E-state index in [1.165, 1.54) is 25.7 Å². The van der Waals surface area contributed by atoms with Gasteiger partial charge in [0.1, 0.15) is 0 Å². The lowest BCUT2D eigenvalue weighted by Gasteiger charge is -2.32. The van der Waals surface area contributed by atoms with Gasteiger partial charge in [-0.05, 0) is 35.5 Å². The lowest BCUT2D eigenvalue weighted by molar-refractivity contribution is 0.0783. The van der Waals surface area contributed by atoms with Gasteiger partial charge in [-0.15, -0.1) is 0 Å². The first-order valence-corrected chi connectivity index (χ1v) is 8.43. The first-order valence-electron chi connectivity index (χ1n) is 8.43. The maximum absolute atomic E-state index is 9.53. The smallest absolute Gasteiger partial charge is 0.0487 e. The number of hydrogen-bond acceptors (Lipinski definition) is 2. The molecule has 0 amide bonds. The van der Waals surface area contributed by atoms with Crippen LogP contribution in [-0.4, -0.2) is 23.4 Å². The van der Waals surface area contributed by atoms with Crippen molar-refractivity contribution in [2.24, 2.45) is 22.7 Å². The number of unbranched alkanes of at least 4 members (excludes halogenated alkanes) is 3. The van der Waals surface area contributed by atoms with Crippen molar-refractivity contribution in [2.45, 2.75) is 80.1 Å². The quantitative estimate of drug-likeness (QED) is 0.543. The largest absolute Gasteiger partial charge is 0.396 e. The summed E-state index contributed by atoms with van der Waals surface area (Å²) in [6.07, 6.45) is 7.11. The summed E-state index contributed by atoms with van der Waals surface area (Å²) in [6, 6.07) is 0. The molecular weight excluding hydrogens is 248 g/mol. The first-order chi connectivity index (χ1) is 9.22. The molecule has 0 radical (unpaired) electrons. The first kappa shape index (κ1) is 19.9. The summed E-state index contributed by atoms with van der Waals surface area (Å²) in [4.78, 5) is 0. The lowest BCUT2D eigenvalue weighted by atomic mass is 9.75. The van der Waals surface area contributed by atoms with Gasteiger partial charge in [0.05, 0.1) is 0 Å². The Labute approximate surface area is 127 Å². The Morgan fingerprint density at radius 2 is 0.950 bits per heavy atom. The van der Waals surface area contributed by atoms with Crippen LogP contribution < -0.4 is 0 Å². The molecule has 2 N–H and O–H groups in total. The molecule has 0 spiro atoms. The Morgan fingerprint density at radius 3 is 1.15 bits per heavy atom. The minimum absolute atomic E-state index is 0.0809. The van der Waals surface area contributed by atoms with Crippen LogP contribution in [0.5, 0.6) is 0 Å². The van der Waals surface area contributed by atoms with E-state index < -0.39 is 0 Å². The molecule has 0 rings (SSSR count). The van der Waals surface area contributed by atoms with Crippen LogP contribution in [0.3, 0.4) is 0 Å². The van der Waals surface area contributed by atoms with Gasteiger partial charge >= 0.3 is 0 Å². The van der Waals surface area contributed by atoms with Gasteiger partial charge in [0.25, 0.3) is 0 Å². The third-order valence-corrected chi connectivity index (χ3v) is 5.76. The molecule has 2 atom stereocenters. The average molecular weight is 286 g/mol. The minimum atomic E-state index is 0.0809. The molecule has 0 aliphatic heterocycles. The van der Waals surface area contributed by atoms with Crippen molar-refractivity contribution in [3.8, 4) is 0 Å². The molecule has 2 unspecified atom stereocenters. The average Bonchev–Trinajstić information content (AvgIpc) is 2.41. The summed E-state index contributed by atoms with van der Waals surface area (Å²) >= 11 is 0. The fourth-order valence-corrected chi connectivity index (χ4v) is 2.51. The number of aliphatic hydroxyl groups excluding tert-OH is 2. The molecule has 122 valence electrons. The van der Waals surface area contributed by atoms with Gasteiger partial charge in [0.15, 0.2) is 0 Å². The van der Waals surface area contributed by atoms with Crippen LogP contribution in [0.15, 0.2) is 0 Å². The Bertz CT molecular complexity index is 224. The third-order valence-electron chi connectivity index (χ3n) is 5.76. The highest BCUT2D eigenvalue weighted by molar-refractivity contribution is 4.78. The van der Waals surface area contributed by atoms with Crippen LogP contribution in [-0.2, 0) is 0 Å².